The number of hydrogen-bond acceptors (Lipinski definition) is 6. The molecule has 0 N–H and O–H groups in total. The fourth-order valence-corrected chi connectivity index (χ4v) is 4.02. The van der Waals surface area contributed by atoms with Gasteiger partial charge in [-0.05, 0) is 38.5 Å². The van der Waals surface area contributed by atoms with Crippen LogP contribution in [0.5, 0.6) is 5.75 Å². The summed E-state index contributed by atoms with van der Waals surface area (Å²) in [7, 11) is 1.58. The number of methoxy groups -OCH3 is 1. The monoisotopic (exact) mass is 491 g/mol. The number of fused-ring (bicyclic) bond motifs is 1. The van der Waals surface area contributed by atoms with Crippen LogP contribution in [-0.4, -0.2) is 64.6 Å². The van der Waals surface area contributed by atoms with Gasteiger partial charge in [-0.25, -0.2) is 14.5 Å². The molecule has 1 aliphatic heterocycles. The van der Waals surface area contributed by atoms with Crippen LogP contribution in [-0.2, 0) is 17.5 Å². The third-order valence-electron chi connectivity index (χ3n) is 5.68. The summed E-state index contributed by atoms with van der Waals surface area (Å²) in [6.45, 7) is 6.61. The molecule has 2 aromatic heterocycles. The number of alkyl halides is 3. The number of benzene rings is 1. The minimum Gasteiger partial charge on any atom is -0.497 e. The van der Waals surface area contributed by atoms with Crippen LogP contribution in [0.4, 0.5) is 23.7 Å². The van der Waals surface area contributed by atoms with Crippen LogP contribution in [0.2, 0.25) is 0 Å². The molecule has 0 aliphatic carbocycles. The van der Waals surface area contributed by atoms with Crippen LogP contribution < -0.4 is 9.64 Å². The summed E-state index contributed by atoms with van der Waals surface area (Å²) in [6, 6.07) is 7.36. The second-order valence-electron chi connectivity index (χ2n) is 9.36. The molecule has 11 heteroatoms. The zero-order chi connectivity index (χ0) is 25.4. The summed E-state index contributed by atoms with van der Waals surface area (Å²) < 4.78 is 54.0. The van der Waals surface area contributed by atoms with Crippen LogP contribution in [0.1, 0.15) is 31.9 Å². The minimum absolute atomic E-state index is 0.0346. The molecule has 1 fully saturated rings. The molecule has 1 aliphatic rings. The predicted molar refractivity (Wildman–Crippen MR) is 125 cm³/mol. The van der Waals surface area contributed by atoms with Crippen molar-refractivity contribution in [1.82, 2.24) is 19.7 Å². The van der Waals surface area contributed by atoms with Gasteiger partial charge in [-0.15, -0.1) is 0 Å². The lowest BCUT2D eigenvalue weighted by Gasteiger charge is -2.37. The molecule has 8 nitrogen and oxygen atoms in total. The van der Waals surface area contributed by atoms with E-state index in [1.54, 1.807) is 37.5 Å². The average Bonchev–Trinajstić information content (AvgIpc) is 3.20. The maximum absolute atomic E-state index is 14.0. The molecular formula is C24H28F3N5O3. The summed E-state index contributed by atoms with van der Waals surface area (Å²) in [6.07, 6.45) is -2.77. The molecular weight excluding hydrogens is 463 g/mol. The fourth-order valence-electron chi connectivity index (χ4n) is 4.02. The highest BCUT2D eigenvalue weighted by atomic mass is 19.4. The number of aromatic nitrogens is 3. The molecule has 1 amide bonds. The summed E-state index contributed by atoms with van der Waals surface area (Å²) in [5.74, 6) is 0.708. The van der Waals surface area contributed by atoms with E-state index >= 15 is 0 Å². The first-order valence-electron chi connectivity index (χ1n) is 11.2. The number of rotatable bonds is 4. The number of hydrogen-bond donors (Lipinski definition) is 0. The van der Waals surface area contributed by atoms with Gasteiger partial charge in [-0.3, -0.25) is 0 Å². The number of nitrogens with zero attached hydrogens (tertiary/aromatic N) is 5. The number of pyridine rings is 1. The Hall–Kier alpha value is -3.50. The van der Waals surface area contributed by atoms with Crippen molar-refractivity contribution in [2.45, 2.75) is 39.1 Å². The van der Waals surface area contributed by atoms with Gasteiger partial charge in [0.25, 0.3) is 0 Å². The van der Waals surface area contributed by atoms with E-state index in [-0.39, 0.29) is 31.9 Å². The maximum Gasteiger partial charge on any atom is 0.419 e. The van der Waals surface area contributed by atoms with E-state index in [4.69, 9.17) is 9.47 Å². The number of piperazine rings is 1. The quantitative estimate of drug-likeness (QED) is 0.533. The largest absolute Gasteiger partial charge is 0.497 e. The molecule has 35 heavy (non-hydrogen) atoms. The second-order valence-corrected chi connectivity index (χ2v) is 9.36. The molecule has 1 saturated heterocycles. The van der Waals surface area contributed by atoms with Crippen molar-refractivity contribution >= 4 is 22.8 Å². The van der Waals surface area contributed by atoms with Crippen molar-refractivity contribution in [3.8, 4) is 5.75 Å². The Labute approximate surface area is 201 Å². The van der Waals surface area contributed by atoms with Crippen molar-refractivity contribution in [3.05, 3.63) is 47.8 Å². The second kappa shape index (κ2) is 9.27. The molecule has 0 radical (unpaired) electrons. The Bertz CT molecular complexity index is 1190. The number of halogens is 3. The van der Waals surface area contributed by atoms with Crippen molar-refractivity contribution in [1.29, 1.82) is 0 Å². The van der Waals surface area contributed by atoms with Crippen LogP contribution in [0.15, 0.2) is 36.7 Å². The van der Waals surface area contributed by atoms with E-state index in [1.165, 1.54) is 11.1 Å². The first-order valence-corrected chi connectivity index (χ1v) is 11.2. The van der Waals surface area contributed by atoms with E-state index < -0.39 is 23.4 Å². The highest BCUT2D eigenvalue weighted by Gasteiger charge is 2.38. The minimum atomic E-state index is -4.59. The van der Waals surface area contributed by atoms with E-state index in [1.807, 2.05) is 24.3 Å². The number of anilines is 1. The SMILES string of the molecule is COc1ccc(Cn2ncc3c(N4CCN(C(=O)OC(C)(C)C)CC4)c(C(F)(F)F)cnc32)cc1. The van der Waals surface area contributed by atoms with Crippen molar-refractivity contribution < 1.29 is 27.4 Å². The first kappa shape index (κ1) is 24.6. The summed E-state index contributed by atoms with van der Waals surface area (Å²) in [4.78, 5) is 19.7. The predicted octanol–water partition coefficient (Wildman–Crippen LogP) is 4.56. The van der Waals surface area contributed by atoms with Crippen molar-refractivity contribution in [2.75, 3.05) is 38.2 Å². The lowest BCUT2D eigenvalue weighted by molar-refractivity contribution is -0.137. The highest BCUT2D eigenvalue weighted by Crippen LogP contribution is 2.40. The van der Waals surface area contributed by atoms with Gasteiger partial charge >= 0.3 is 12.3 Å². The van der Waals surface area contributed by atoms with Gasteiger partial charge in [0.15, 0.2) is 5.65 Å². The third kappa shape index (κ3) is 5.44. The lowest BCUT2D eigenvalue weighted by Crippen LogP contribution is -2.50. The van der Waals surface area contributed by atoms with E-state index in [2.05, 4.69) is 10.1 Å². The van der Waals surface area contributed by atoms with Crippen molar-refractivity contribution in [2.24, 2.45) is 0 Å². The van der Waals surface area contributed by atoms with Crippen molar-refractivity contribution in [3.63, 3.8) is 0 Å². The lowest BCUT2D eigenvalue weighted by atomic mass is 10.1. The Morgan fingerprint density at radius 2 is 1.69 bits per heavy atom. The molecule has 0 saturated carbocycles. The average molecular weight is 492 g/mol. The van der Waals surface area contributed by atoms with Gasteiger partial charge < -0.3 is 19.3 Å². The number of carbonyl (C=O) groups is 1. The number of amides is 1. The normalized spacial score (nSPS) is 14.9. The van der Waals surface area contributed by atoms with E-state index in [9.17, 15) is 18.0 Å². The van der Waals surface area contributed by atoms with Gasteiger partial charge in [0.2, 0.25) is 0 Å². The van der Waals surface area contributed by atoms with Gasteiger partial charge in [0.1, 0.15) is 11.4 Å². The molecule has 3 aromatic rings. The van der Waals surface area contributed by atoms with E-state index in [0.29, 0.717) is 23.3 Å². The van der Waals surface area contributed by atoms with Crippen LogP contribution in [0.3, 0.4) is 0 Å². The topological polar surface area (TPSA) is 72.7 Å². The van der Waals surface area contributed by atoms with Crippen LogP contribution in [0, 0.1) is 0 Å². The molecule has 3 heterocycles. The summed E-state index contributed by atoms with van der Waals surface area (Å²) in [5, 5.41) is 4.66. The van der Waals surface area contributed by atoms with Crippen LogP contribution in [0.25, 0.3) is 11.0 Å². The number of ether oxygens (including phenoxy) is 2. The van der Waals surface area contributed by atoms with Crippen LogP contribution >= 0.6 is 0 Å². The molecule has 0 atom stereocenters. The smallest absolute Gasteiger partial charge is 0.419 e. The Morgan fingerprint density at radius 3 is 2.26 bits per heavy atom. The molecule has 1 aromatic carbocycles. The molecule has 0 spiro atoms. The highest BCUT2D eigenvalue weighted by molar-refractivity contribution is 5.91. The standard InChI is InChI=1S/C24H28F3N5O3/c1-23(2,3)35-22(33)31-11-9-30(10-12-31)20-18-13-29-32(15-16-5-7-17(34-4)8-6-16)21(18)28-14-19(20)24(25,26)27/h5-8,13-14H,9-12,15H2,1-4H3. The van der Waals surface area contributed by atoms with Gasteiger partial charge in [-0.2, -0.15) is 18.3 Å². The third-order valence-corrected chi connectivity index (χ3v) is 5.68. The maximum atomic E-state index is 14.0. The zero-order valence-electron chi connectivity index (χ0n) is 20.1. The van der Waals surface area contributed by atoms with Gasteiger partial charge in [-0.1, -0.05) is 12.1 Å². The fraction of sp³-hybridized carbons (Fsp3) is 0.458. The molecule has 0 unspecified atom stereocenters. The van der Waals surface area contributed by atoms with Gasteiger partial charge in [0, 0.05) is 32.4 Å². The summed E-state index contributed by atoms with van der Waals surface area (Å²) in [5.41, 5.74) is -0.164. The Morgan fingerprint density at radius 1 is 1.03 bits per heavy atom. The Balaban J connectivity index is 1.63. The summed E-state index contributed by atoms with van der Waals surface area (Å²) >= 11 is 0. The number of carbonyl (C=O) groups excluding carboxylic acids is 1. The zero-order valence-corrected chi connectivity index (χ0v) is 20.1. The van der Waals surface area contributed by atoms with E-state index in [0.717, 1.165) is 11.8 Å². The molecule has 0 bridgehead atoms. The first-order chi connectivity index (χ1) is 16.5. The molecule has 4 rings (SSSR count). The Kier molecular flexibility index (Phi) is 6.52. The van der Waals surface area contributed by atoms with Gasteiger partial charge in [0.05, 0.1) is 36.5 Å². The molecule has 188 valence electrons.